The molecule has 1 aromatic carbocycles. The van der Waals surface area contributed by atoms with Crippen molar-refractivity contribution in [2.45, 2.75) is 26.2 Å². The van der Waals surface area contributed by atoms with E-state index in [2.05, 4.69) is 20.8 Å². The van der Waals surface area contributed by atoms with Crippen LogP contribution in [-0.2, 0) is 11.2 Å². The van der Waals surface area contributed by atoms with Gasteiger partial charge in [-0.2, -0.15) is 4.98 Å². The molecule has 0 aliphatic heterocycles. The summed E-state index contributed by atoms with van der Waals surface area (Å²) in [5.74, 6) is 0.131. The second kappa shape index (κ2) is 9.92. The van der Waals surface area contributed by atoms with Crippen molar-refractivity contribution < 1.29 is 18.5 Å². The average molecular weight is 416 g/mol. The van der Waals surface area contributed by atoms with Crippen molar-refractivity contribution in [3.05, 3.63) is 58.5 Å². The Morgan fingerprint density at radius 2 is 2.03 bits per heavy atom. The molecule has 152 valence electrons. The lowest BCUT2D eigenvalue weighted by atomic mass is 10.1. The topological polar surface area (TPSA) is 97.1 Å². The SMILES string of the molecule is Cc1ccc(C(=O)NCCNC(=O)CCCc2nc(-c3cccs3)no2)cc1F. The maximum absolute atomic E-state index is 13.5. The van der Waals surface area contributed by atoms with Gasteiger partial charge >= 0.3 is 0 Å². The largest absolute Gasteiger partial charge is 0.354 e. The number of hydrogen-bond acceptors (Lipinski definition) is 6. The molecular weight excluding hydrogens is 395 g/mol. The van der Waals surface area contributed by atoms with Crippen LogP contribution in [0.2, 0.25) is 0 Å². The number of nitrogens with one attached hydrogen (secondary N) is 2. The number of hydrogen-bond donors (Lipinski definition) is 2. The Bertz CT molecular complexity index is 972. The van der Waals surface area contributed by atoms with Crippen LogP contribution in [0.25, 0.3) is 10.7 Å². The lowest BCUT2D eigenvalue weighted by Gasteiger charge is -2.07. The molecule has 3 aromatic rings. The van der Waals surface area contributed by atoms with Crippen molar-refractivity contribution in [1.82, 2.24) is 20.8 Å². The molecule has 0 spiro atoms. The number of benzene rings is 1. The quantitative estimate of drug-likeness (QED) is 0.523. The summed E-state index contributed by atoms with van der Waals surface area (Å²) < 4.78 is 18.7. The molecular formula is C20H21FN4O3S. The predicted octanol–water partition coefficient (Wildman–Crippen LogP) is 3.11. The van der Waals surface area contributed by atoms with Gasteiger partial charge in [-0.3, -0.25) is 9.59 Å². The molecule has 2 heterocycles. The fourth-order valence-electron chi connectivity index (χ4n) is 2.56. The minimum absolute atomic E-state index is 0.126. The number of thiophene rings is 1. The molecule has 0 aliphatic rings. The Morgan fingerprint density at radius 3 is 2.79 bits per heavy atom. The number of amides is 2. The Balaban J connectivity index is 1.31. The second-order valence-corrected chi connectivity index (χ2v) is 7.36. The first kappa shape index (κ1) is 20.7. The summed E-state index contributed by atoms with van der Waals surface area (Å²) in [5.41, 5.74) is 0.734. The van der Waals surface area contributed by atoms with Crippen molar-refractivity contribution >= 4 is 23.2 Å². The smallest absolute Gasteiger partial charge is 0.251 e. The van der Waals surface area contributed by atoms with Crippen LogP contribution in [0.4, 0.5) is 4.39 Å². The van der Waals surface area contributed by atoms with Crippen molar-refractivity contribution in [2.75, 3.05) is 13.1 Å². The predicted molar refractivity (Wildman–Crippen MR) is 107 cm³/mol. The molecule has 7 nitrogen and oxygen atoms in total. The molecule has 0 radical (unpaired) electrons. The zero-order chi connectivity index (χ0) is 20.6. The van der Waals surface area contributed by atoms with E-state index in [0.29, 0.717) is 43.1 Å². The molecule has 0 unspecified atom stereocenters. The Labute approximate surface area is 171 Å². The van der Waals surface area contributed by atoms with E-state index in [-0.39, 0.29) is 23.9 Å². The molecule has 9 heteroatoms. The van der Waals surface area contributed by atoms with Gasteiger partial charge in [-0.25, -0.2) is 4.39 Å². The highest BCUT2D eigenvalue weighted by molar-refractivity contribution is 7.13. The summed E-state index contributed by atoms with van der Waals surface area (Å²) in [5, 5.41) is 11.2. The highest BCUT2D eigenvalue weighted by Gasteiger charge is 2.11. The van der Waals surface area contributed by atoms with Gasteiger partial charge in [0.2, 0.25) is 17.6 Å². The first-order valence-corrected chi connectivity index (χ1v) is 10.1. The molecule has 2 amide bonds. The summed E-state index contributed by atoms with van der Waals surface area (Å²) in [6.07, 6.45) is 1.41. The summed E-state index contributed by atoms with van der Waals surface area (Å²) in [4.78, 5) is 29.1. The number of halogens is 1. The normalized spacial score (nSPS) is 10.7. The van der Waals surface area contributed by atoms with Crippen molar-refractivity contribution in [3.8, 4) is 10.7 Å². The summed E-state index contributed by atoms with van der Waals surface area (Å²) in [6.45, 7) is 2.18. The third kappa shape index (κ3) is 5.95. The van der Waals surface area contributed by atoms with E-state index in [4.69, 9.17) is 4.52 Å². The van der Waals surface area contributed by atoms with Crippen LogP contribution in [0.15, 0.2) is 40.2 Å². The van der Waals surface area contributed by atoms with Crippen LogP contribution in [0, 0.1) is 12.7 Å². The van der Waals surface area contributed by atoms with Gasteiger partial charge in [-0.15, -0.1) is 11.3 Å². The van der Waals surface area contributed by atoms with Crippen LogP contribution in [0.5, 0.6) is 0 Å². The van der Waals surface area contributed by atoms with E-state index in [0.717, 1.165) is 4.88 Å². The fourth-order valence-corrected chi connectivity index (χ4v) is 3.21. The zero-order valence-corrected chi connectivity index (χ0v) is 16.7. The maximum atomic E-state index is 13.5. The molecule has 0 fully saturated rings. The van der Waals surface area contributed by atoms with Crippen LogP contribution in [0.1, 0.15) is 34.7 Å². The van der Waals surface area contributed by atoms with Crippen molar-refractivity contribution in [1.29, 1.82) is 0 Å². The molecule has 0 saturated carbocycles. The van der Waals surface area contributed by atoms with Crippen molar-refractivity contribution in [3.63, 3.8) is 0 Å². The fraction of sp³-hybridized carbons (Fsp3) is 0.300. The van der Waals surface area contributed by atoms with Gasteiger partial charge in [0.1, 0.15) is 5.82 Å². The monoisotopic (exact) mass is 416 g/mol. The standard InChI is InChI=1S/C20H21FN4O3S/c1-13-7-8-14(12-15(13)21)20(27)23-10-9-22-17(26)5-2-6-18-24-19(25-28-18)16-4-3-11-29-16/h3-4,7-8,11-12H,2,5-6,9-10H2,1H3,(H,22,26)(H,23,27). The van der Waals surface area contributed by atoms with E-state index >= 15 is 0 Å². The third-order valence-electron chi connectivity index (χ3n) is 4.17. The van der Waals surface area contributed by atoms with E-state index in [1.165, 1.54) is 17.4 Å². The molecule has 3 rings (SSSR count). The Kier molecular flexibility index (Phi) is 7.07. The summed E-state index contributed by atoms with van der Waals surface area (Å²) in [6, 6.07) is 8.15. The Morgan fingerprint density at radius 1 is 1.21 bits per heavy atom. The minimum Gasteiger partial charge on any atom is -0.354 e. The zero-order valence-electron chi connectivity index (χ0n) is 15.9. The average Bonchev–Trinajstić information content (AvgIpc) is 3.39. The van der Waals surface area contributed by atoms with E-state index in [9.17, 15) is 14.0 Å². The minimum atomic E-state index is -0.422. The molecule has 0 aliphatic carbocycles. The Hall–Kier alpha value is -3.07. The molecule has 2 aromatic heterocycles. The third-order valence-corrected chi connectivity index (χ3v) is 5.04. The number of nitrogens with zero attached hydrogens (tertiary/aromatic N) is 2. The van der Waals surface area contributed by atoms with E-state index in [1.54, 1.807) is 19.1 Å². The molecule has 0 atom stereocenters. The number of carbonyl (C=O) groups excluding carboxylic acids is 2. The first-order valence-electron chi connectivity index (χ1n) is 9.20. The number of aromatic nitrogens is 2. The van der Waals surface area contributed by atoms with E-state index in [1.807, 2.05) is 17.5 Å². The lowest BCUT2D eigenvalue weighted by Crippen LogP contribution is -2.34. The highest BCUT2D eigenvalue weighted by Crippen LogP contribution is 2.21. The second-order valence-electron chi connectivity index (χ2n) is 6.41. The van der Waals surface area contributed by atoms with Gasteiger partial charge in [0.25, 0.3) is 5.91 Å². The number of aryl methyl sites for hydroxylation is 2. The van der Waals surface area contributed by atoms with Gasteiger partial charge in [-0.05, 0) is 42.5 Å². The molecule has 29 heavy (non-hydrogen) atoms. The van der Waals surface area contributed by atoms with Crippen LogP contribution < -0.4 is 10.6 Å². The van der Waals surface area contributed by atoms with Gasteiger partial charge in [0.05, 0.1) is 4.88 Å². The highest BCUT2D eigenvalue weighted by atomic mass is 32.1. The van der Waals surface area contributed by atoms with Gasteiger partial charge in [-0.1, -0.05) is 17.3 Å². The number of carbonyl (C=O) groups is 2. The van der Waals surface area contributed by atoms with Crippen LogP contribution >= 0.6 is 11.3 Å². The molecule has 2 N–H and O–H groups in total. The first-order chi connectivity index (χ1) is 14.0. The summed E-state index contributed by atoms with van der Waals surface area (Å²) in [7, 11) is 0. The van der Waals surface area contributed by atoms with Crippen LogP contribution in [0.3, 0.4) is 0 Å². The van der Waals surface area contributed by atoms with Crippen molar-refractivity contribution in [2.24, 2.45) is 0 Å². The van der Waals surface area contributed by atoms with Crippen LogP contribution in [-0.4, -0.2) is 35.0 Å². The lowest BCUT2D eigenvalue weighted by molar-refractivity contribution is -0.121. The molecule has 0 saturated heterocycles. The summed E-state index contributed by atoms with van der Waals surface area (Å²) >= 11 is 1.53. The van der Waals surface area contributed by atoms with Gasteiger partial charge in [0, 0.05) is 31.5 Å². The van der Waals surface area contributed by atoms with Gasteiger partial charge in [0.15, 0.2) is 0 Å². The maximum Gasteiger partial charge on any atom is 0.251 e. The number of rotatable bonds is 9. The van der Waals surface area contributed by atoms with E-state index < -0.39 is 5.82 Å². The van der Waals surface area contributed by atoms with Gasteiger partial charge < -0.3 is 15.2 Å². The molecule has 0 bridgehead atoms.